The van der Waals surface area contributed by atoms with Gasteiger partial charge in [-0.25, -0.2) is 0 Å². The minimum atomic E-state index is 0. The summed E-state index contributed by atoms with van der Waals surface area (Å²) in [5.41, 5.74) is 0. The summed E-state index contributed by atoms with van der Waals surface area (Å²) < 4.78 is 0. The van der Waals surface area contributed by atoms with Crippen molar-refractivity contribution in [1.29, 1.82) is 0 Å². The molecule has 2 N–H and O–H groups in total. The Morgan fingerprint density at radius 3 is 2.58 bits per heavy atom. The molecule has 0 bridgehead atoms. The standard InChI is InChI=1S/C15H28N2O.ClH/c1-3-16-11(2)10-17-15(18)14-9-13(14)12-7-5-4-6-8-12;/h11-14,16H,3-10H2,1-2H3,(H,17,18);1H/t11-,13?,14?;/m1./s1. The Morgan fingerprint density at radius 2 is 1.95 bits per heavy atom. The SMILES string of the molecule is CCN[C@H](C)CNC(=O)C1CC1C1CCCCC1.Cl. The summed E-state index contributed by atoms with van der Waals surface area (Å²) in [6, 6.07) is 0.380. The lowest BCUT2D eigenvalue weighted by molar-refractivity contribution is -0.122. The third-order valence-corrected chi connectivity index (χ3v) is 4.57. The average Bonchev–Trinajstić information content (AvgIpc) is 3.18. The summed E-state index contributed by atoms with van der Waals surface area (Å²) in [4.78, 5) is 12.0. The molecule has 2 unspecified atom stereocenters. The lowest BCUT2D eigenvalue weighted by Crippen LogP contribution is -2.39. The Bertz CT molecular complexity index is 279. The second-order valence-electron chi connectivity index (χ2n) is 6.11. The highest BCUT2D eigenvalue weighted by Crippen LogP contribution is 2.49. The van der Waals surface area contributed by atoms with Gasteiger partial charge in [0.2, 0.25) is 5.91 Å². The summed E-state index contributed by atoms with van der Waals surface area (Å²) in [5.74, 6) is 2.19. The fraction of sp³-hybridized carbons (Fsp3) is 0.933. The second-order valence-corrected chi connectivity index (χ2v) is 6.11. The zero-order chi connectivity index (χ0) is 13.0. The van der Waals surface area contributed by atoms with Crippen LogP contribution in [0.3, 0.4) is 0 Å². The van der Waals surface area contributed by atoms with Crippen LogP contribution in [0.2, 0.25) is 0 Å². The molecule has 2 rings (SSSR count). The minimum Gasteiger partial charge on any atom is -0.354 e. The molecule has 19 heavy (non-hydrogen) atoms. The molecule has 2 aliphatic carbocycles. The van der Waals surface area contributed by atoms with E-state index in [0.717, 1.165) is 25.4 Å². The van der Waals surface area contributed by atoms with Crippen molar-refractivity contribution in [3.8, 4) is 0 Å². The van der Waals surface area contributed by atoms with Crippen molar-refractivity contribution < 1.29 is 4.79 Å². The number of hydrogen-bond donors (Lipinski definition) is 2. The highest BCUT2D eigenvalue weighted by molar-refractivity contribution is 5.85. The topological polar surface area (TPSA) is 41.1 Å². The number of amides is 1. The van der Waals surface area contributed by atoms with Crippen LogP contribution in [0.4, 0.5) is 0 Å². The highest BCUT2D eigenvalue weighted by atomic mass is 35.5. The van der Waals surface area contributed by atoms with E-state index in [9.17, 15) is 4.79 Å². The maximum atomic E-state index is 12.0. The average molecular weight is 289 g/mol. The largest absolute Gasteiger partial charge is 0.354 e. The molecule has 3 atom stereocenters. The van der Waals surface area contributed by atoms with Crippen LogP contribution in [0.25, 0.3) is 0 Å². The molecule has 0 saturated heterocycles. The molecule has 2 fully saturated rings. The molecular weight excluding hydrogens is 260 g/mol. The van der Waals surface area contributed by atoms with Crippen LogP contribution in [0.15, 0.2) is 0 Å². The van der Waals surface area contributed by atoms with Crippen molar-refractivity contribution in [2.75, 3.05) is 13.1 Å². The molecule has 0 aromatic heterocycles. The summed E-state index contributed by atoms with van der Waals surface area (Å²) in [6.07, 6.45) is 8.04. The predicted molar refractivity (Wildman–Crippen MR) is 81.6 cm³/mol. The number of nitrogens with one attached hydrogen (secondary N) is 2. The maximum absolute atomic E-state index is 12.0. The van der Waals surface area contributed by atoms with Gasteiger partial charge in [-0.1, -0.05) is 39.0 Å². The van der Waals surface area contributed by atoms with E-state index in [2.05, 4.69) is 24.5 Å². The molecule has 2 aliphatic rings. The Morgan fingerprint density at radius 1 is 1.26 bits per heavy atom. The molecular formula is C15H29ClN2O. The van der Waals surface area contributed by atoms with Crippen LogP contribution < -0.4 is 10.6 Å². The van der Waals surface area contributed by atoms with E-state index in [0.29, 0.717) is 23.8 Å². The van der Waals surface area contributed by atoms with Crippen molar-refractivity contribution in [2.45, 2.75) is 58.4 Å². The van der Waals surface area contributed by atoms with Gasteiger partial charge in [0.1, 0.15) is 0 Å². The van der Waals surface area contributed by atoms with Gasteiger partial charge in [-0.3, -0.25) is 4.79 Å². The van der Waals surface area contributed by atoms with Gasteiger partial charge in [0.25, 0.3) is 0 Å². The van der Waals surface area contributed by atoms with Crippen molar-refractivity contribution in [3.05, 3.63) is 0 Å². The fourth-order valence-corrected chi connectivity index (χ4v) is 3.40. The number of carbonyl (C=O) groups is 1. The first-order chi connectivity index (χ1) is 8.72. The van der Waals surface area contributed by atoms with Gasteiger partial charge in [0.05, 0.1) is 0 Å². The molecule has 0 radical (unpaired) electrons. The first-order valence-corrected chi connectivity index (χ1v) is 7.73. The first-order valence-electron chi connectivity index (χ1n) is 7.73. The normalized spacial score (nSPS) is 28.3. The zero-order valence-electron chi connectivity index (χ0n) is 12.3. The van der Waals surface area contributed by atoms with Crippen molar-refractivity contribution in [1.82, 2.24) is 10.6 Å². The van der Waals surface area contributed by atoms with Gasteiger partial charge >= 0.3 is 0 Å². The van der Waals surface area contributed by atoms with Gasteiger partial charge in [-0.15, -0.1) is 12.4 Å². The third kappa shape index (κ3) is 4.96. The molecule has 2 saturated carbocycles. The summed E-state index contributed by atoms with van der Waals surface area (Å²) in [6.45, 7) is 5.94. The molecule has 0 aromatic carbocycles. The van der Waals surface area contributed by atoms with E-state index in [1.165, 1.54) is 32.1 Å². The van der Waals surface area contributed by atoms with Gasteiger partial charge < -0.3 is 10.6 Å². The van der Waals surface area contributed by atoms with E-state index < -0.39 is 0 Å². The Balaban J connectivity index is 0.00000180. The quantitative estimate of drug-likeness (QED) is 0.789. The summed E-state index contributed by atoms with van der Waals surface area (Å²) >= 11 is 0. The molecule has 0 aliphatic heterocycles. The van der Waals surface area contributed by atoms with Crippen LogP contribution >= 0.6 is 12.4 Å². The van der Waals surface area contributed by atoms with Crippen LogP contribution in [-0.4, -0.2) is 25.0 Å². The lowest BCUT2D eigenvalue weighted by atomic mass is 9.85. The van der Waals surface area contributed by atoms with Crippen molar-refractivity contribution in [3.63, 3.8) is 0 Å². The molecule has 1 amide bonds. The predicted octanol–water partition coefficient (Wildman–Crippen LogP) is 2.74. The van der Waals surface area contributed by atoms with Gasteiger partial charge in [-0.05, 0) is 31.7 Å². The Labute approximate surface area is 123 Å². The van der Waals surface area contributed by atoms with E-state index in [4.69, 9.17) is 0 Å². The Kier molecular flexibility index (Phi) is 7.16. The lowest BCUT2D eigenvalue weighted by Gasteiger charge is -2.21. The number of halogens is 1. The first kappa shape index (κ1) is 16.8. The fourth-order valence-electron chi connectivity index (χ4n) is 3.40. The van der Waals surface area contributed by atoms with Crippen LogP contribution in [0.5, 0.6) is 0 Å². The van der Waals surface area contributed by atoms with E-state index >= 15 is 0 Å². The van der Waals surface area contributed by atoms with E-state index in [1.807, 2.05) is 0 Å². The van der Waals surface area contributed by atoms with Crippen molar-refractivity contribution in [2.24, 2.45) is 17.8 Å². The number of likely N-dealkylation sites (N-methyl/N-ethyl adjacent to an activating group) is 1. The number of carbonyl (C=O) groups excluding carboxylic acids is 1. The molecule has 3 nitrogen and oxygen atoms in total. The monoisotopic (exact) mass is 288 g/mol. The molecule has 4 heteroatoms. The Hall–Kier alpha value is -0.280. The van der Waals surface area contributed by atoms with Gasteiger partial charge in [0.15, 0.2) is 0 Å². The van der Waals surface area contributed by atoms with Crippen molar-refractivity contribution >= 4 is 18.3 Å². The van der Waals surface area contributed by atoms with Crippen LogP contribution in [-0.2, 0) is 4.79 Å². The molecule has 0 heterocycles. The van der Waals surface area contributed by atoms with Crippen LogP contribution in [0, 0.1) is 17.8 Å². The van der Waals surface area contributed by atoms with E-state index in [1.54, 1.807) is 0 Å². The van der Waals surface area contributed by atoms with Gasteiger partial charge in [-0.2, -0.15) is 0 Å². The molecule has 0 aromatic rings. The van der Waals surface area contributed by atoms with Crippen LogP contribution in [0.1, 0.15) is 52.4 Å². The summed E-state index contributed by atoms with van der Waals surface area (Å²) in [5, 5.41) is 6.42. The third-order valence-electron chi connectivity index (χ3n) is 4.57. The minimum absolute atomic E-state index is 0. The van der Waals surface area contributed by atoms with E-state index in [-0.39, 0.29) is 12.4 Å². The van der Waals surface area contributed by atoms with Gasteiger partial charge in [0, 0.05) is 18.5 Å². The summed E-state index contributed by atoms with van der Waals surface area (Å²) in [7, 11) is 0. The smallest absolute Gasteiger partial charge is 0.223 e. The second kappa shape index (κ2) is 8.11. The number of rotatable bonds is 6. The zero-order valence-corrected chi connectivity index (χ0v) is 13.1. The number of hydrogen-bond acceptors (Lipinski definition) is 2. The molecule has 112 valence electrons. The maximum Gasteiger partial charge on any atom is 0.223 e. The highest BCUT2D eigenvalue weighted by Gasteiger charge is 2.47. The molecule has 0 spiro atoms.